The van der Waals surface area contributed by atoms with Gasteiger partial charge in [-0.3, -0.25) is 14.6 Å². The van der Waals surface area contributed by atoms with Crippen molar-refractivity contribution in [2.45, 2.75) is 6.92 Å². The van der Waals surface area contributed by atoms with Gasteiger partial charge in [-0.2, -0.15) is 0 Å². The standard InChI is InChI=1S/C28H28N4O2/c1-19-7-8-22(26-6-4-5-13-29-26)18-25(19)28(34)31-15-14-30-27(33)23-10-9-21-17-24(32(2)3)12-11-20(21)16-23/h4-13,16-18H,14-15H2,1-3H3,(H,30,33)(H,31,34). The molecule has 0 unspecified atom stereocenters. The predicted molar refractivity (Wildman–Crippen MR) is 137 cm³/mol. The zero-order valence-electron chi connectivity index (χ0n) is 19.6. The van der Waals surface area contributed by atoms with Crippen molar-refractivity contribution in [3.05, 3.63) is 95.7 Å². The van der Waals surface area contributed by atoms with Crippen LogP contribution in [0, 0.1) is 6.92 Å². The average molecular weight is 453 g/mol. The molecule has 0 spiro atoms. The third-order valence-corrected chi connectivity index (χ3v) is 5.74. The molecule has 0 bridgehead atoms. The van der Waals surface area contributed by atoms with E-state index in [2.05, 4.69) is 21.7 Å². The first-order chi connectivity index (χ1) is 16.4. The van der Waals surface area contributed by atoms with E-state index < -0.39 is 0 Å². The van der Waals surface area contributed by atoms with Crippen LogP contribution in [0.3, 0.4) is 0 Å². The van der Waals surface area contributed by atoms with Gasteiger partial charge in [-0.15, -0.1) is 0 Å². The molecule has 0 aliphatic heterocycles. The van der Waals surface area contributed by atoms with Crippen molar-refractivity contribution in [2.75, 3.05) is 32.1 Å². The topological polar surface area (TPSA) is 74.3 Å². The number of hydrogen-bond donors (Lipinski definition) is 2. The number of amides is 2. The number of aryl methyl sites for hydroxylation is 1. The summed E-state index contributed by atoms with van der Waals surface area (Å²) in [5, 5.41) is 7.86. The lowest BCUT2D eigenvalue weighted by Crippen LogP contribution is -2.35. The number of hydrogen-bond acceptors (Lipinski definition) is 4. The van der Waals surface area contributed by atoms with E-state index in [4.69, 9.17) is 0 Å². The zero-order valence-corrected chi connectivity index (χ0v) is 19.6. The highest BCUT2D eigenvalue weighted by molar-refractivity contribution is 5.99. The summed E-state index contributed by atoms with van der Waals surface area (Å²) < 4.78 is 0. The second kappa shape index (κ2) is 10.2. The summed E-state index contributed by atoms with van der Waals surface area (Å²) >= 11 is 0. The number of carbonyl (C=O) groups excluding carboxylic acids is 2. The average Bonchev–Trinajstić information content (AvgIpc) is 2.86. The number of nitrogens with one attached hydrogen (secondary N) is 2. The Morgan fingerprint density at radius 3 is 2.29 bits per heavy atom. The summed E-state index contributed by atoms with van der Waals surface area (Å²) in [6, 6.07) is 23.2. The van der Waals surface area contributed by atoms with E-state index >= 15 is 0 Å². The first-order valence-corrected chi connectivity index (χ1v) is 11.2. The Hall–Kier alpha value is -4.19. The van der Waals surface area contributed by atoms with E-state index in [1.54, 1.807) is 6.20 Å². The van der Waals surface area contributed by atoms with E-state index in [1.165, 1.54) is 0 Å². The Balaban J connectivity index is 1.34. The number of rotatable bonds is 7. The molecule has 0 fully saturated rings. The molecule has 0 aliphatic carbocycles. The maximum Gasteiger partial charge on any atom is 0.251 e. The Morgan fingerprint density at radius 2 is 1.56 bits per heavy atom. The summed E-state index contributed by atoms with van der Waals surface area (Å²) in [5.41, 5.74) is 4.89. The summed E-state index contributed by atoms with van der Waals surface area (Å²) in [4.78, 5) is 31.7. The van der Waals surface area contributed by atoms with E-state index in [0.717, 1.165) is 33.3 Å². The Morgan fingerprint density at radius 1 is 0.824 bits per heavy atom. The number of pyridine rings is 1. The molecule has 6 heteroatoms. The molecule has 34 heavy (non-hydrogen) atoms. The Kier molecular flexibility index (Phi) is 6.87. The van der Waals surface area contributed by atoms with Crippen LogP contribution in [0.5, 0.6) is 0 Å². The van der Waals surface area contributed by atoms with Crippen molar-refractivity contribution in [3.8, 4) is 11.3 Å². The fraction of sp³-hybridized carbons (Fsp3) is 0.179. The molecule has 3 aromatic carbocycles. The number of carbonyl (C=O) groups is 2. The van der Waals surface area contributed by atoms with Crippen molar-refractivity contribution in [2.24, 2.45) is 0 Å². The van der Waals surface area contributed by atoms with Crippen LogP contribution in [0.2, 0.25) is 0 Å². The Bertz CT molecular complexity index is 1330. The van der Waals surface area contributed by atoms with Crippen molar-refractivity contribution in [3.63, 3.8) is 0 Å². The number of nitrogens with zero attached hydrogens (tertiary/aromatic N) is 2. The highest BCUT2D eigenvalue weighted by Gasteiger charge is 2.12. The minimum atomic E-state index is -0.174. The molecule has 4 aromatic rings. The summed E-state index contributed by atoms with van der Waals surface area (Å²) in [6.45, 7) is 2.57. The highest BCUT2D eigenvalue weighted by Crippen LogP contribution is 2.22. The maximum absolute atomic E-state index is 12.7. The Labute approximate surface area is 199 Å². The van der Waals surface area contributed by atoms with Gasteiger partial charge in [-0.1, -0.05) is 30.3 Å². The fourth-order valence-electron chi connectivity index (χ4n) is 3.76. The third kappa shape index (κ3) is 5.23. The third-order valence-electron chi connectivity index (χ3n) is 5.74. The molecule has 0 radical (unpaired) electrons. The second-order valence-electron chi connectivity index (χ2n) is 8.40. The fourth-order valence-corrected chi connectivity index (χ4v) is 3.76. The maximum atomic E-state index is 12.7. The van der Waals surface area contributed by atoms with Crippen molar-refractivity contribution >= 4 is 28.3 Å². The van der Waals surface area contributed by atoms with Gasteiger partial charge < -0.3 is 15.5 Å². The van der Waals surface area contributed by atoms with Gasteiger partial charge in [-0.25, -0.2) is 0 Å². The number of aromatic nitrogens is 1. The van der Waals surface area contributed by atoms with E-state index in [0.29, 0.717) is 24.2 Å². The van der Waals surface area contributed by atoms with Gasteiger partial charge in [0.2, 0.25) is 0 Å². The monoisotopic (exact) mass is 452 g/mol. The molecule has 0 saturated heterocycles. The van der Waals surface area contributed by atoms with Gasteiger partial charge in [0.1, 0.15) is 0 Å². The molecular weight excluding hydrogens is 424 g/mol. The SMILES string of the molecule is Cc1ccc(-c2ccccn2)cc1C(=O)NCCNC(=O)c1ccc2cc(N(C)C)ccc2c1. The summed E-state index contributed by atoms with van der Waals surface area (Å²) in [7, 11) is 4.00. The van der Waals surface area contributed by atoms with Gasteiger partial charge in [0.15, 0.2) is 0 Å². The number of benzene rings is 3. The molecule has 4 rings (SSSR count). The molecule has 172 valence electrons. The lowest BCUT2D eigenvalue weighted by molar-refractivity contribution is 0.0927. The zero-order chi connectivity index (χ0) is 24.1. The number of anilines is 1. The van der Waals surface area contributed by atoms with Crippen LogP contribution >= 0.6 is 0 Å². The number of fused-ring (bicyclic) bond motifs is 1. The van der Waals surface area contributed by atoms with Crippen molar-refractivity contribution in [1.82, 2.24) is 15.6 Å². The van der Waals surface area contributed by atoms with E-state index in [1.807, 2.05) is 92.6 Å². The van der Waals surface area contributed by atoms with Crippen LogP contribution in [0.15, 0.2) is 79.0 Å². The van der Waals surface area contributed by atoms with Gasteiger partial charge in [0.25, 0.3) is 11.8 Å². The molecule has 1 heterocycles. The van der Waals surface area contributed by atoms with Gasteiger partial charge >= 0.3 is 0 Å². The molecule has 1 aromatic heterocycles. The van der Waals surface area contributed by atoms with E-state index in [9.17, 15) is 9.59 Å². The largest absolute Gasteiger partial charge is 0.378 e. The lowest BCUT2D eigenvalue weighted by Gasteiger charge is -2.13. The molecule has 6 nitrogen and oxygen atoms in total. The van der Waals surface area contributed by atoms with Crippen LogP contribution < -0.4 is 15.5 Å². The minimum absolute atomic E-state index is 0.166. The van der Waals surface area contributed by atoms with Crippen LogP contribution in [0.25, 0.3) is 22.0 Å². The first-order valence-electron chi connectivity index (χ1n) is 11.2. The second-order valence-corrected chi connectivity index (χ2v) is 8.40. The van der Waals surface area contributed by atoms with E-state index in [-0.39, 0.29) is 11.8 Å². The summed E-state index contributed by atoms with van der Waals surface area (Å²) in [5.74, 6) is -0.340. The molecule has 0 aliphatic rings. The minimum Gasteiger partial charge on any atom is -0.378 e. The molecule has 2 amide bonds. The lowest BCUT2D eigenvalue weighted by atomic mass is 10.0. The van der Waals surface area contributed by atoms with Crippen LogP contribution in [-0.2, 0) is 0 Å². The van der Waals surface area contributed by atoms with Crippen molar-refractivity contribution < 1.29 is 9.59 Å². The predicted octanol–water partition coefficient (Wildman–Crippen LogP) is 4.44. The highest BCUT2D eigenvalue weighted by atomic mass is 16.2. The summed E-state index contributed by atoms with van der Waals surface area (Å²) in [6.07, 6.45) is 1.73. The van der Waals surface area contributed by atoms with Gasteiger partial charge in [-0.05, 0) is 65.7 Å². The van der Waals surface area contributed by atoms with Crippen LogP contribution in [0.4, 0.5) is 5.69 Å². The molecular formula is C28H28N4O2. The molecule has 2 N–H and O–H groups in total. The van der Waals surface area contributed by atoms with Gasteiger partial charge in [0, 0.05) is 55.8 Å². The van der Waals surface area contributed by atoms with Crippen LogP contribution in [0.1, 0.15) is 26.3 Å². The smallest absolute Gasteiger partial charge is 0.251 e. The first kappa shape index (κ1) is 23.0. The van der Waals surface area contributed by atoms with Crippen LogP contribution in [-0.4, -0.2) is 44.0 Å². The van der Waals surface area contributed by atoms with Crippen molar-refractivity contribution in [1.29, 1.82) is 0 Å². The molecule has 0 atom stereocenters. The quantitative estimate of drug-likeness (QED) is 0.407. The normalized spacial score (nSPS) is 10.7. The molecule has 0 saturated carbocycles. The van der Waals surface area contributed by atoms with Gasteiger partial charge in [0.05, 0.1) is 5.69 Å².